The van der Waals surface area contributed by atoms with Gasteiger partial charge in [0, 0.05) is 6.54 Å². The molecule has 0 bridgehead atoms. The molecule has 0 atom stereocenters. The quantitative estimate of drug-likeness (QED) is 0.490. The summed E-state index contributed by atoms with van der Waals surface area (Å²) >= 11 is 0. The first kappa shape index (κ1) is 19.2. The maximum absolute atomic E-state index is 13.1. The fraction of sp³-hybridized carbons (Fsp3) is 0.100. The number of hydrogen-bond donors (Lipinski definition) is 2. The van der Waals surface area contributed by atoms with E-state index in [9.17, 15) is 23.6 Å². The zero-order valence-electron chi connectivity index (χ0n) is 15.4. The van der Waals surface area contributed by atoms with Gasteiger partial charge in [0.05, 0.1) is 12.9 Å². The van der Waals surface area contributed by atoms with Crippen molar-refractivity contribution in [3.8, 4) is 0 Å². The van der Waals surface area contributed by atoms with Gasteiger partial charge in [-0.1, -0.05) is 24.3 Å². The minimum Gasteiger partial charge on any atom is -0.423 e. The van der Waals surface area contributed by atoms with Crippen LogP contribution < -0.4 is 10.9 Å². The molecule has 152 valence electrons. The van der Waals surface area contributed by atoms with Crippen molar-refractivity contribution in [3.63, 3.8) is 0 Å². The van der Waals surface area contributed by atoms with Crippen molar-refractivity contribution in [2.24, 2.45) is 0 Å². The first-order valence-corrected chi connectivity index (χ1v) is 8.86. The maximum Gasteiger partial charge on any atom is 0.314 e. The zero-order valence-corrected chi connectivity index (χ0v) is 15.4. The summed E-state index contributed by atoms with van der Waals surface area (Å²) in [6, 6.07) is 11.2. The standard InChI is InChI=1S/C20H15F2N5O3/c21-14-5-1-12(2-6-14)9-23-19(28)18-25-17-16(20(29)27(18)30)24-11-26(17)10-13-3-7-15(22)8-4-13/h1-8,11,30H,9-10H2,(H,23,28). The second kappa shape index (κ2) is 7.74. The Labute approximate surface area is 168 Å². The van der Waals surface area contributed by atoms with Gasteiger partial charge in [0.15, 0.2) is 11.2 Å². The number of rotatable bonds is 5. The van der Waals surface area contributed by atoms with Crippen LogP contribution in [0.2, 0.25) is 0 Å². The molecule has 4 rings (SSSR count). The Kier molecular flexibility index (Phi) is 4.97. The van der Waals surface area contributed by atoms with Crippen LogP contribution in [-0.2, 0) is 13.1 Å². The van der Waals surface area contributed by atoms with Gasteiger partial charge in [0.25, 0.3) is 5.91 Å². The summed E-state index contributed by atoms with van der Waals surface area (Å²) < 4.78 is 27.7. The molecule has 8 nitrogen and oxygen atoms in total. The highest BCUT2D eigenvalue weighted by molar-refractivity contribution is 5.92. The maximum atomic E-state index is 13.1. The number of halogens is 2. The van der Waals surface area contributed by atoms with E-state index in [4.69, 9.17) is 0 Å². The van der Waals surface area contributed by atoms with Gasteiger partial charge in [-0.15, -0.1) is 4.73 Å². The minimum atomic E-state index is -0.898. The predicted molar refractivity (Wildman–Crippen MR) is 102 cm³/mol. The lowest BCUT2D eigenvalue weighted by Gasteiger charge is -2.09. The van der Waals surface area contributed by atoms with Crippen LogP contribution in [0.15, 0.2) is 59.7 Å². The van der Waals surface area contributed by atoms with E-state index in [1.165, 1.54) is 47.3 Å². The Hall–Kier alpha value is -4.08. The van der Waals surface area contributed by atoms with Crippen molar-refractivity contribution in [2.45, 2.75) is 13.1 Å². The molecule has 2 N–H and O–H groups in total. The molecule has 1 amide bonds. The van der Waals surface area contributed by atoms with Gasteiger partial charge in [-0.3, -0.25) is 9.59 Å². The third kappa shape index (κ3) is 3.75. The number of amides is 1. The van der Waals surface area contributed by atoms with E-state index in [-0.39, 0.29) is 34.8 Å². The van der Waals surface area contributed by atoms with Crippen LogP contribution in [0, 0.1) is 11.6 Å². The summed E-state index contributed by atoms with van der Waals surface area (Å²) in [4.78, 5) is 33.0. The zero-order chi connectivity index (χ0) is 21.3. The van der Waals surface area contributed by atoms with E-state index in [0.29, 0.717) is 5.56 Å². The lowest BCUT2D eigenvalue weighted by molar-refractivity contribution is 0.0878. The predicted octanol–water partition coefficient (Wildman–Crippen LogP) is 2.09. The average molecular weight is 411 g/mol. The molecule has 2 aromatic heterocycles. The highest BCUT2D eigenvalue weighted by atomic mass is 19.1. The number of fused-ring (bicyclic) bond motifs is 1. The highest BCUT2D eigenvalue weighted by Crippen LogP contribution is 2.11. The Morgan fingerprint density at radius 2 is 1.60 bits per heavy atom. The van der Waals surface area contributed by atoms with Gasteiger partial charge in [0.2, 0.25) is 5.82 Å². The molecule has 0 saturated carbocycles. The number of hydrogen-bond acceptors (Lipinski definition) is 5. The molecular weight excluding hydrogens is 396 g/mol. The van der Waals surface area contributed by atoms with Gasteiger partial charge in [0.1, 0.15) is 11.6 Å². The summed E-state index contributed by atoms with van der Waals surface area (Å²) in [5.41, 5.74) is 0.438. The number of carbonyl (C=O) groups excluding carboxylic acids is 1. The van der Waals surface area contributed by atoms with Crippen LogP contribution in [0.4, 0.5) is 8.78 Å². The minimum absolute atomic E-state index is 0.0435. The molecule has 2 heterocycles. The third-order valence-corrected chi connectivity index (χ3v) is 4.45. The van der Waals surface area contributed by atoms with Crippen molar-refractivity contribution in [3.05, 3.63) is 93.8 Å². The lowest BCUT2D eigenvalue weighted by Crippen LogP contribution is -2.33. The largest absolute Gasteiger partial charge is 0.423 e. The van der Waals surface area contributed by atoms with E-state index < -0.39 is 23.1 Å². The lowest BCUT2D eigenvalue weighted by atomic mass is 10.2. The first-order valence-electron chi connectivity index (χ1n) is 8.86. The van der Waals surface area contributed by atoms with E-state index in [1.54, 1.807) is 12.1 Å². The molecule has 0 fully saturated rings. The number of imidazole rings is 1. The Bertz CT molecular complexity index is 1280. The van der Waals surface area contributed by atoms with Crippen LogP contribution in [0.5, 0.6) is 0 Å². The van der Waals surface area contributed by atoms with E-state index in [1.807, 2.05) is 0 Å². The van der Waals surface area contributed by atoms with Gasteiger partial charge < -0.3 is 15.1 Å². The molecule has 0 aliphatic heterocycles. The van der Waals surface area contributed by atoms with Crippen molar-refractivity contribution in [1.82, 2.24) is 24.6 Å². The second-order valence-corrected chi connectivity index (χ2v) is 6.53. The summed E-state index contributed by atoms with van der Waals surface area (Å²) in [6.07, 6.45) is 1.35. The fourth-order valence-electron chi connectivity index (χ4n) is 2.90. The Balaban J connectivity index is 1.63. The molecule has 4 aromatic rings. The van der Waals surface area contributed by atoms with E-state index in [0.717, 1.165) is 5.56 Å². The molecular formula is C20H15F2N5O3. The molecule has 2 aromatic carbocycles. The van der Waals surface area contributed by atoms with Gasteiger partial charge in [-0.2, -0.15) is 0 Å². The topological polar surface area (TPSA) is 102 Å². The molecule has 0 saturated heterocycles. The normalized spacial score (nSPS) is 11.0. The molecule has 10 heteroatoms. The number of aromatic nitrogens is 4. The average Bonchev–Trinajstić information content (AvgIpc) is 3.14. The van der Waals surface area contributed by atoms with Crippen molar-refractivity contribution >= 4 is 17.1 Å². The molecule has 0 spiro atoms. The van der Waals surface area contributed by atoms with Crippen LogP contribution in [0.3, 0.4) is 0 Å². The van der Waals surface area contributed by atoms with E-state index in [2.05, 4.69) is 15.3 Å². The Morgan fingerprint density at radius 3 is 2.23 bits per heavy atom. The smallest absolute Gasteiger partial charge is 0.314 e. The molecule has 0 aliphatic rings. The van der Waals surface area contributed by atoms with Crippen molar-refractivity contribution in [1.29, 1.82) is 0 Å². The number of nitrogens with zero attached hydrogens (tertiary/aromatic N) is 4. The van der Waals surface area contributed by atoms with Gasteiger partial charge in [-0.05, 0) is 35.4 Å². The summed E-state index contributed by atoms with van der Waals surface area (Å²) in [5, 5.41) is 12.6. The molecule has 0 unspecified atom stereocenters. The van der Waals surface area contributed by atoms with E-state index >= 15 is 0 Å². The SMILES string of the molecule is O=C(NCc1ccc(F)cc1)c1nc2c(ncn2Cc2ccc(F)cc2)c(=O)n1O. The van der Waals surface area contributed by atoms with Crippen LogP contribution in [-0.4, -0.2) is 30.4 Å². The van der Waals surface area contributed by atoms with Crippen LogP contribution in [0.25, 0.3) is 11.2 Å². The van der Waals surface area contributed by atoms with Gasteiger partial charge in [-0.25, -0.2) is 18.7 Å². The van der Waals surface area contributed by atoms with Gasteiger partial charge >= 0.3 is 5.56 Å². The molecule has 0 radical (unpaired) electrons. The number of nitrogens with one attached hydrogen (secondary N) is 1. The van der Waals surface area contributed by atoms with Crippen LogP contribution in [0.1, 0.15) is 21.7 Å². The Morgan fingerprint density at radius 1 is 1.00 bits per heavy atom. The highest BCUT2D eigenvalue weighted by Gasteiger charge is 2.20. The monoisotopic (exact) mass is 411 g/mol. The van der Waals surface area contributed by atoms with Crippen molar-refractivity contribution < 1.29 is 18.8 Å². The number of carbonyl (C=O) groups is 1. The summed E-state index contributed by atoms with van der Waals surface area (Å²) in [5.74, 6) is -2.10. The molecule has 30 heavy (non-hydrogen) atoms. The first-order chi connectivity index (χ1) is 14.4. The summed E-state index contributed by atoms with van der Waals surface area (Å²) in [6.45, 7) is 0.275. The summed E-state index contributed by atoms with van der Waals surface area (Å²) in [7, 11) is 0. The third-order valence-electron chi connectivity index (χ3n) is 4.45. The number of benzene rings is 2. The fourth-order valence-corrected chi connectivity index (χ4v) is 2.90. The molecule has 0 aliphatic carbocycles. The van der Waals surface area contributed by atoms with Crippen LogP contribution >= 0.6 is 0 Å². The second-order valence-electron chi connectivity index (χ2n) is 6.53. The van der Waals surface area contributed by atoms with Crippen molar-refractivity contribution in [2.75, 3.05) is 0 Å².